The predicted molar refractivity (Wildman–Crippen MR) is 71.3 cm³/mol. The van der Waals surface area contributed by atoms with Crippen LogP contribution in [0.3, 0.4) is 0 Å². The molecule has 0 bridgehead atoms. The molecule has 0 saturated carbocycles. The second kappa shape index (κ2) is 4.85. The largest absolute Gasteiger partial charge is 0.313 e. The van der Waals surface area contributed by atoms with Crippen LogP contribution in [0.2, 0.25) is 0 Å². The molecule has 1 nitrogen and oxygen atoms in total. The van der Waals surface area contributed by atoms with Crippen LogP contribution in [0.4, 0.5) is 0 Å². The maximum atomic E-state index is 3.69. The number of benzene rings is 1. The van der Waals surface area contributed by atoms with E-state index >= 15 is 0 Å². The zero-order chi connectivity index (χ0) is 10.8. The van der Waals surface area contributed by atoms with Gasteiger partial charge in [-0.2, -0.15) is 0 Å². The first-order valence-electron chi connectivity index (χ1n) is 6.41. The van der Waals surface area contributed by atoms with Gasteiger partial charge in [-0.25, -0.2) is 0 Å². The lowest BCUT2D eigenvalue weighted by Crippen LogP contribution is -2.34. The lowest BCUT2D eigenvalue weighted by atomic mass is 9.99. The molecule has 1 aromatic rings. The van der Waals surface area contributed by atoms with E-state index in [-0.39, 0.29) is 7.92 Å². The summed E-state index contributed by atoms with van der Waals surface area (Å²) in [7, 11) is 0.258. The third kappa shape index (κ3) is 2.31. The quantitative estimate of drug-likeness (QED) is 0.774. The predicted octanol–water partition coefficient (Wildman–Crippen LogP) is 3.05. The van der Waals surface area contributed by atoms with Crippen molar-refractivity contribution in [1.29, 1.82) is 0 Å². The van der Waals surface area contributed by atoms with Gasteiger partial charge in [0.15, 0.2) is 0 Å². The summed E-state index contributed by atoms with van der Waals surface area (Å²) in [5.41, 5.74) is 1.55. The first-order chi connectivity index (χ1) is 7.92. The molecule has 16 heavy (non-hydrogen) atoms. The van der Waals surface area contributed by atoms with Gasteiger partial charge in [-0.1, -0.05) is 30.3 Å². The Hall–Kier alpha value is -0.390. The minimum Gasteiger partial charge on any atom is -0.313 e. The van der Waals surface area contributed by atoms with Crippen LogP contribution in [-0.2, 0) is 6.16 Å². The van der Waals surface area contributed by atoms with Gasteiger partial charge in [0.05, 0.1) is 0 Å². The van der Waals surface area contributed by atoms with E-state index in [2.05, 4.69) is 35.6 Å². The molecule has 2 aliphatic rings. The standard InChI is InChI=1S/C14H20NP/c1-2-4-12(5-3-1)10-16-9-7-13-6-8-15-14(13)11-16/h1-5,13-15H,6-11H2. The maximum Gasteiger partial charge on any atom is 0.0135 e. The highest BCUT2D eigenvalue weighted by Crippen LogP contribution is 2.48. The van der Waals surface area contributed by atoms with Crippen molar-refractivity contribution in [3.8, 4) is 0 Å². The van der Waals surface area contributed by atoms with Crippen molar-refractivity contribution in [1.82, 2.24) is 5.32 Å². The fourth-order valence-corrected chi connectivity index (χ4v) is 5.96. The third-order valence-corrected chi connectivity index (χ3v) is 6.62. The number of nitrogens with one attached hydrogen (secondary N) is 1. The van der Waals surface area contributed by atoms with Gasteiger partial charge in [-0.3, -0.25) is 0 Å². The fraction of sp³-hybridized carbons (Fsp3) is 0.571. The lowest BCUT2D eigenvalue weighted by molar-refractivity contribution is 0.454. The van der Waals surface area contributed by atoms with Crippen molar-refractivity contribution >= 4 is 7.92 Å². The molecule has 3 atom stereocenters. The average Bonchev–Trinajstić information content (AvgIpc) is 2.77. The Morgan fingerprint density at radius 1 is 1.19 bits per heavy atom. The third-order valence-electron chi connectivity index (χ3n) is 4.01. The SMILES string of the molecule is c1ccc(CP2CCC3CCNC3C2)cc1. The number of fused-ring (bicyclic) bond motifs is 1. The molecular weight excluding hydrogens is 213 g/mol. The summed E-state index contributed by atoms with van der Waals surface area (Å²) in [6, 6.07) is 11.9. The summed E-state index contributed by atoms with van der Waals surface area (Å²) >= 11 is 0. The van der Waals surface area contributed by atoms with Crippen molar-refractivity contribution in [2.24, 2.45) is 5.92 Å². The molecule has 0 aromatic heterocycles. The zero-order valence-electron chi connectivity index (χ0n) is 9.73. The Morgan fingerprint density at radius 2 is 2.06 bits per heavy atom. The van der Waals surface area contributed by atoms with Crippen molar-refractivity contribution in [2.75, 3.05) is 18.9 Å². The monoisotopic (exact) mass is 233 g/mol. The van der Waals surface area contributed by atoms with Crippen LogP contribution in [0.1, 0.15) is 18.4 Å². The molecule has 0 radical (unpaired) electrons. The molecule has 2 aliphatic heterocycles. The molecule has 1 N–H and O–H groups in total. The van der Waals surface area contributed by atoms with Gasteiger partial charge in [0.1, 0.15) is 0 Å². The van der Waals surface area contributed by atoms with Gasteiger partial charge in [-0.15, -0.1) is 7.92 Å². The van der Waals surface area contributed by atoms with E-state index in [1.165, 1.54) is 37.9 Å². The van der Waals surface area contributed by atoms with Crippen LogP contribution in [-0.4, -0.2) is 24.9 Å². The van der Waals surface area contributed by atoms with E-state index in [9.17, 15) is 0 Å². The molecule has 2 heterocycles. The minimum absolute atomic E-state index is 0.258. The summed E-state index contributed by atoms with van der Waals surface area (Å²) in [4.78, 5) is 0. The van der Waals surface area contributed by atoms with E-state index in [4.69, 9.17) is 0 Å². The molecular formula is C14H20NP. The van der Waals surface area contributed by atoms with Crippen molar-refractivity contribution < 1.29 is 0 Å². The Balaban J connectivity index is 1.60. The van der Waals surface area contributed by atoms with Gasteiger partial charge in [-0.05, 0) is 49.4 Å². The summed E-state index contributed by atoms with van der Waals surface area (Å²) in [6.45, 7) is 1.27. The molecule has 86 valence electrons. The number of hydrogen-bond donors (Lipinski definition) is 1. The van der Waals surface area contributed by atoms with Gasteiger partial charge >= 0.3 is 0 Å². The van der Waals surface area contributed by atoms with E-state index in [0.29, 0.717) is 0 Å². The summed E-state index contributed by atoms with van der Waals surface area (Å²) < 4.78 is 0. The molecule has 2 heteroatoms. The minimum atomic E-state index is 0.258. The van der Waals surface area contributed by atoms with E-state index in [1.54, 1.807) is 5.56 Å². The van der Waals surface area contributed by atoms with Crippen LogP contribution in [0.25, 0.3) is 0 Å². The molecule has 2 fully saturated rings. The van der Waals surface area contributed by atoms with Crippen molar-refractivity contribution in [3.63, 3.8) is 0 Å². The van der Waals surface area contributed by atoms with Gasteiger partial charge < -0.3 is 5.32 Å². The van der Waals surface area contributed by atoms with Gasteiger partial charge in [0.2, 0.25) is 0 Å². The molecule has 0 amide bonds. The highest BCUT2D eigenvalue weighted by atomic mass is 31.1. The molecule has 3 rings (SSSR count). The van der Waals surface area contributed by atoms with Gasteiger partial charge in [0, 0.05) is 6.04 Å². The topological polar surface area (TPSA) is 12.0 Å². The Morgan fingerprint density at radius 3 is 2.94 bits per heavy atom. The first-order valence-corrected chi connectivity index (χ1v) is 8.31. The summed E-state index contributed by atoms with van der Waals surface area (Å²) in [5.74, 6) is 1.01. The molecule has 0 aliphatic carbocycles. The Bertz CT molecular complexity index is 338. The molecule has 0 spiro atoms. The van der Waals surface area contributed by atoms with E-state index in [1.807, 2.05) is 0 Å². The van der Waals surface area contributed by atoms with Crippen LogP contribution in [0.5, 0.6) is 0 Å². The lowest BCUT2D eigenvalue weighted by Gasteiger charge is -2.32. The Kier molecular flexibility index (Phi) is 3.26. The first kappa shape index (κ1) is 10.7. The van der Waals surface area contributed by atoms with Crippen LogP contribution < -0.4 is 5.32 Å². The number of rotatable bonds is 2. The fourth-order valence-electron chi connectivity index (χ4n) is 3.08. The van der Waals surface area contributed by atoms with Crippen LogP contribution >= 0.6 is 7.92 Å². The second-order valence-corrected chi connectivity index (χ2v) is 7.59. The highest BCUT2D eigenvalue weighted by Gasteiger charge is 2.33. The highest BCUT2D eigenvalue weighted by molar-refractivity contribution is 7.57. The van der Waals surface area contributed by atoms with Crippen LogP contribution in [0.15, 0.2) is 30.3 Å². The van der Waals surface area contributed by atoms with E-state index in [0.717, 1.165) is 12.0 Å². The second-order valence-electron chi connectivity index (χ2n) is 5.12. The normalized spacial score (nSPS) is 33.6. The summed E-state index contributed by atoms with van der Waals surface area (Å²) in [5, 5.41) is 3.69. The maximum absolute atomic E-state index is 3.69. The molecule has 3 unspecified atom stereocenters. The smallest absolute Gasteiger partial charge is 0.0135 e. The van der Waals surface area contributed by atoms with Crippen molar-refractivity contribution in [2.45, 2.75) is 25.0 Å². The number of hydrogen-bond acceptors (Lipinski definition) is 1. The van der Waals surface area contributed by atoms with E-state index < -0.39 is 0 Å². The molecule has 1 aromatic carbocycles. The zero-order valence-corrected chi connectivity index (χ0v) is 10.6. The average molecular weight is 233 g/mol. The summed E-state index contributed by atoms with van der Waals surface area (Å²) in [6.07, 6.45) is 7.23. The molecule has 2 saturated heterocycles. The van der Waals surface area contributed by atoms with Crippen LogP contribution in [0, 0.1) is 5.92 Å². The van der Waals surface area contributed by atoms with Gasteiger partial charge in [0.25, 0.3) is 0 Å². The Labute approximate surface area is 99.4 Å². The van der Waals surface area contributed by atoms with Crippen molar-refractivity contribution in [3.05, 3.63) is 35.9 Å².